The molecule has 0 radical (unpaired) electrons. The Labute approximate surface area is 137 Å². The first-order valence-corrected chi connectivity index (χ1v) is 6.99. The molecule has 0 fully saturated rings. The molecule has 0 unspecified atom stereocenters. The third-order valence-corrected chi connectivity index (χ3v) is 4.13. The van der Waals surface area contributed by atoms with Crippen LogP contribution in [0.4, 0.5) is 17.6 Å². The molecule has 0 saturated heterocycles. The van der Waals surface area contributed by atoms with E-state index in [4.69, 9.17) is 23.2 Å². The Morgan fingerprint density at radius 3 is 2.22 bits per heavy atom. The first-order valence-electron chi connectivity index (χ1n) is 6.23. The maximum Gasteiger partial charge on any atom is 0.389 e. The SMILES string of the molecule is O=C(c1ccccc1)c1c(Cl)c(Cl)cc2c1C(F)(F)OC2(F)F. The summed E-state index contributed by atoms with van der Waals surface area (Å²) in [5.74, 6) is -0.949. The van der Waals surface area contributed by atoms with Gasteiger partial charge in [0.1, 0.15) is 0 Å². The zero-order valence-electron chi connectivity index (χ0n) is 11.0. The Morgan fingerprint density at radius 2 is 1.61 bits per heavy atom. The molecule has 0 aromatic heterocycles. The van der Waals surface area contributed by atoms with Gasteiger partial charge in [0.25, 0.3) is 0 Å². The monoisotopic (exact) mass is 364 g/mol. The molecule has 2 aromatic carbocycles. The van der Waals surface area contributed by atoms with E-state index in [1.165, 1.54) is 24.3 Å². The summed E-state index contributed by atoms with van der Waals surface area (Å²) in [5, 5.41) is -0.967. The number of alkyl halides is 4. The molecule has 1 aliphatic rings. The molecule has 3 rings (SSSR count). The van der Waals surface area contributed by atoms with Crippen molar-refractivity contribution in [3.05, 3.63) is 68.7 Å². The Balaban J connectivity index is 2.33. The Bertz CT molecular complexity index is 807. The normalized spacial score (nSPS) is 17.8. The second-order valence-electron chi connectivity index (χ2n) is 4.80. The zero-order chi connectivity index (χ0) is 17.0. The van der Waals surface area contributed by atoms with Gasteiger partial charge in [-0.25, -0.2) is 4.74 Å². The Morgan fingerprint density at radius 1 is 1.00 bits per heavy atom. The van der Waals surface area contributed by atoms with Crippen LogP contribution in [0.1, 0.15) is 27.0 Å². The zero-order valence-corrected chi connectivity index (χ0v) is 12.6. The summed E-state index contributed by atoms with van der Waals surface area (Å²) in [6.45, 7) is 0. The summed E-state index contributed by atoms with van der Waals surface area (Å²) in [7, 11) is 0. The van der Waals surface area contributed by atoms with Gasteiger partial charge in [0.2, 0.25) is 0 Å². The summed E-state index contributed by atoms with van der Waals surface area (Å²) < 4.78 is 58.7. The Hall–Kier alpha value is -1.63. The van der Waals surface area contributed by atoms with E-state index in [0.717, 1.165) is 0 Å². The third kappa shape index (κ3) is 2.51. The molecule has 1 aliphatic heterocycles. The predicted molar refractivity (Wildman–Crippen MR) is 75.2 cm³/mol. The van der Waals surface area contributed by atoms with Crippen LogP contribution < -0.4 is 0 Å². The number of ether oxygens (including phenoxy) is 1. The molecule has 0 amide bonds. The van der Waals surface area contributed by atoms with Crippen LogP contribution in [0.2, 0.25) is 10.0 Å². The first kappa shape index (κ1) is 16.2. The van der Waals surface area contributed by atoms with Crippen LogP contribution in [0.25, 0.3) is 0 Å². The lowest BCUT2D eigenvalue weighted by molar-refractivity contribution is -0.369. The van der Waals surface area contributed by atoms with Crippen molar-refractivity contribution in [2.45, 2.75) is 12.2 Å². The standard InChI is InChI=1S/C15H6Cl2F4O2/c16-9-6-8-11(15(20,21)23-14(8,18)19)10(12(9)17)13(22)7-4-2-1-3-5-7/h1-6H. The highest BCUT2D eigenvalue weighted by atomic mass is 35.5. The summed E-state index contributed by atoms with van der Waals surface area (Å²) in [6.07, 6.45) is -8.65. The number of carbonyl (C=O) groups excluding carboxylic acids is 1. The molecule has 23 heavy (non-hydrogen) atoms. The Kier molecular flexibility index (Phi) is 3.66. The van der Waals surface area contributed by atoms with Crippen molar-refractivity contribution >= 4 is 29.0 Å². The minimum atomic E-state index is -4.37. The van der Waals surface area contributed by atoms with Crippen LogP contribution in [0.15, 0.2) is 36.4 Å². The first-order chi connectivity index (χ1) is 10.6. The van der Waals surface area contributed by atoms with E-state index in [0.29, 0.717) is 6.07 Å². The maximum absolute atomic E-state index is 13.9. The molecule has 8 heteroatoms. The largest absolute Gasteiger partial charge is 0.389 e. The molecule has 2 aromatic rings. The van der Waals surface area contributed by atoms with Crippen molar-refractivity contribution in [1.29, 1.82) is 0 Å². The van der Waals surface area contributed by atoms with Crippen LogP contribution in [0.3, 0.4) is 0 Å². The topological polar surface area (TPSA) is 26.3 Å². The van der Waals surface area contributed by atoms with Crippen molar-refractivity contribution in [3.63, 3.8) is 0 Å². The van der Waals surface area contributed by atoms with E-state index in [9.17, 15) is 22.4 Å². The molecular formula is C15H6Cl2F4O2. The molecule has 0 atom stereocenters. The summed E-state index contributed by atoms with van der Waals surface area (Å²) >= 11 is 11.6. The number of ketones is 1. The van der Waals surface area contributed by atoms with Gasteiger partial charge in [-0.2, -0.15) is 17.6 Å². The lowest BCUT2D eigenvalue weighted by Gasteiger charge is -2.14. The van der Waals surface area contributed by atoms with Gasteiger partial charge in [0.15, 0.2) is 5.78 Å². The van der Waals surface area contributed by atoms with E-state index >= 15 is 0 Å². The van der Waals surface area contributed by atoms with Crippen molar-refractivity contribution in [1.82, 2.24) is 0 Å². The molecule has 120 valence electrons. The van der Waals surface area contributed by atoms with Crippen molar-refractivity contribution in [2.75, 3.05) is 0 Å². The quantitative estimate of drug-likeness (QED) is 0.530. The lowest BCUT2D eigenvalue weighted by Crippen LogP contribution is -2.19. The molecule has 2 nitrogen and oxygen atoms in total. The van der Waals surface area contributed by atoms with Gasteiger partial charge in [-0.3, -0.25) is 4.79 Å². The van der Waals surface area contributed by atoms with Gasteiger partial charge in [0, 0.05) is 5.56 Å². The molecule has 0 bridgehead atoms. The number of carbonyl (C=O) groups is 1. The fourth-order valence-corrected chi connectivity index (χ4v) is 2.81. The highest BCUT2D eigenvalue weighted by molar-refractivity contribution is 6.44. The third-order valence-electron chi connectivity index (χ3n) is 3.34. The summed E-state index contributed by atoms with van der Waals surface area (Å²) in [5.41, 5.74) is -3.21. The van der Waals surface area contributed by atoms with Crippen molar-refractivity contribution < 1.29 is 27.1 Å². The van der Waals surface area contributed by atoms with E-state index in [1.807, 2.05) is 0 Å². The molecule has 0 spiro atoms. The lowest BCUT2D eigenvalue weighted by atomic mass is 9.94. The molecule has 0 aliphatic carbocycles. The molecule has 0 saturated carbocycles. The van der Waals surface area contributed by atoms with E-state index in [2.05, 4.69) is 4.74 Å². The van der Waals surface area contributed by atoms with Gasteiger partial charge in [-0.1, -0.05) is 53.5 Å². The maximum atomic E-state index is 13.9. The van der Waals surface area contributed by atoms with E-state index in [-0.39, 0.29) is 5.56 Å². The average molecular weight is 365 g/mol. The number of fused-ring (bicyclic) bond motifs is 1. The fourth-order valence-electron chi connectivity index (χ4n) is 2.37. The summed E-state index contributed by atoms with van der Waals surface area (Å²) in [6, 6.07) is 7.87. The minimum absolute atomic E-state index is 0.00452. The van der Waals surface area contributed by atoms with Gasteiger partial charge in [-0.05, 0) is 6.07 Å². The van der Waals surface area contributed by atoms with Gasteiger partial charge < -0.3 is 0 Å². The van der Waals surface area contributed by atoms with Gasteiger partial charge in [0.05, 0.1) is 26.7 Å². The van der Waals surface area contributed by atoms with Crippen LogP contribution in [0, 0.1) is 0 Å². The van der Waals surface area contributed by atoms with Crippen molar-refractivity contribution in [3.8, 4) is 0 Å². The number of hydrogen-bond donors (Lipinski definition) is 0. The molecule has 1 heterocycles. The fraction of sp³-hybridized carbons (Fsp3) is 0.133. The van der Waals surface area contributed by atoms with Crippen molar-refractivity contribution in [2.24, 2.45) is 0 Å². The smallest absolute Gasteiger partial charge is 0.289 e. The van der Waals surface area contributed by atoms with E-state index < -0.39 is 44.7 Å². The van der Waals surface area contributed by atoms with Crippen LogP contribution in [-0.2, 0) is 17.0 Å². The average Bonchev–Trinajstić information content (AvgIpc) is 2.65. The van der Waals surface area contributed by atoms with Crippen LogP contribution >= 0.6 is 23.2 Å². The van der Waals surface area contributed by atoms with Gasteiger partial charge in [-0.15, -0.1) is 0 Å². The summed E-state index contributed by atoms with van der Waals surface area (Å²) in [4.78, 5) is 12.5. The highest BCUT2D eigenvalue weighted by Crippen LogP contribution is 2.54. The van der Waals surface area contributed by atoms with Crippen LogP contribution in [-0.4, -0.2) is 5.78 Å². The minimum Gasteiger partial charge on any atom is -0.289 e. The number of benzene rings is 2. The van der Waals surface area contributed by atoms with Gasteiger partial charge >= 0.3 is 12.2 Å². The second kappa shape index (κ2) is 5.19. The second-order valence-corrected chi connectivity index (χ2v) is 5.59. The highest BCUT2D eigenvalue weighted by Gasteiger charge is 2.59. The van der Waals surface area contributed by atoms with Crippen LogP contribution in [0.5, 0.6) is 0 Å². The number of hydrogen-bond acceptors (Lipinski definition) is 2. The molecule has 0 N–H and O–H groups in total. The predicted octanol–water partition coefficient (Wildman–Crippen LogP) is 5.35. The number of rotatable bonds is 2. The number of halogens is 6. The molecular weight excluding hydrogens is 359 g/mol. The van der Waals surface area contributed by atoms with E-state index in [1.54, 1.807) is 6.07 Å².